The first-order valence-corrected chi connectivity index (χ1v) is 9.79. The fraction of sp³-hybridized carbons (Fsp3) is 0.562. The lowest BCUT2D eigenvalue weighted by Gasteiger charge is -2.31. The van der Waals surface area contributed by atoms with E-state index < -0.39 is 10.0 Å². The van der Waals surface area contributed by atoms with Crippen molar-refractivity contribution in [3.05, 3.63) is 29.3 Å². The Kier molecular flexibility index (Phi) is 7.03. The highest BCUT2D eigenvalue weighted by molar-refractivity contribution is 7.89. The number of benzene rings is 1. The molecule has 0 radical (unpaired) electrons. The van der Waals surface area contributed by atoms with Crippen LogP contribution in [-0.4, -0.2) is 52.0 Å². The summed E-state index contributed by atoms with van der Waals surface area (Å²) in [5, 5.41) is 3.34. The van der Waals surface area contributed by atoms with Crippen molar-refractivity contribution < 1.29 is 17.9 Å². The van der Waals surface area contributed by atoms with Crippen LogP contribution < -0.4 is 5.32 Å². The molecule has 0 aliphatic carbocycles. The highest BCUT2D eigenvalue weighted by atomic mass is 35.5. The Morgan fingerprint density at radius 1 is 1.38 bits per heavy atom. The van der Waals surface area contributed by atoms with Gasteiger partial charge in [0, 0.05) is 38.4 Å². The molecule has 1 N–H and O–H groups in total. The number of methoxy groups -OCH3 is 1. The summed E-state index contributed by atoms with van der Waals surface area (Å²) in [6, 6.07) is 6.09. The normalized spacial score (nSPS) is 19.2. The lowest BCUT2D eigenvalue weighted by molar-refractivity contribution is -0.126. The molecule has 1 fully saturated rings. The number of carbonyl (C=O) groups is 1. The molecule has 6 nitrogen and oxygen atoms in total. The Morgan fingerprint density at radius 2 is 2.08 bits per heavy atom. The van der Waals surface area contributed by atoms with Gasteiger partial charge in [0.1, 0.15) is 0 Å². The van der Waals surface area contributed by atoms with Gasteiger partial charge in [-0.15, -0.1) is 0 Å². The fourth-order valence-electron chi connectivity index (χ4n) is 2.70. The summed E-state index contributed by atoms with van der Waals surface area (Å²) >= 11 is 5.81. The second kappa shape index (κ2) is 8.80. The van der Waals surface area contributed by atoms with Gasteiger partial charge in [0.2, 0.25) is 15.9 Å². The first-order valence-electron chi connectivity index (χ1n) is 7.97. The zero-order valence-corrected chi connectivity index (χ0v) is 15.3. The smallest absolute Gasteiger partial charge is 0.243 e. The van der Waals surface area contributed by atoms with E-state index in [1.165, 1.54) is 16.4 Å². The number of hydrogen-bond donors (Lipinski definition) is 1. The molecule has 0 bridgehead atoms. The standard InChI is InChI=1S/C16H23ClN2O4S/c1-23-11-3-9-18-16(20)13-4-2-10-19(12-13)24(21,22)15-7-5-14(17)6-8-15/h5-8,13H,2-4,9-12H2,1H3,(H,18,20)/t13-/m1/s1. The molecule has 1 aliphatic heterocycles. The number of rotatable bonds is 7. The largest absolute Gasteiger partial charge is 0.385 e. The molecule has 1 heterocycles. The monoisotopic (exact) mass is 374 g/mol. The summed E-state index contributed by atoms with van der Waals surface area (Å²) in [6.45, 7) is 1.76. The third kappa shape index (κ3) is 4.92. The molecular formula is C16H23ClN2O4S. The number of nitrogens with zero attached hydrogens (tertiary/aromatic N) is 1. The van der Waals surface area contributed by atoms with E-state index in [-0.39, 0.29) is 23.3 Å². The summed E-state index contributed by atoms with van der Waals surface area (Å²) in [7, 11) is -1.99. The molecule has 2 rings (SSSR count). The minimum Gasteiger partial charge on any atom is -0.385 e. The van der Waals surface area contributed by atoms with Crippen LogP contribution in [0.5, 0.6) is 0 Å². The molecule has 0 unspecified atom stereocenters. The summed E-state index contributed by atoms with van der Waals surface area (Å²) in [5.41, 5.74) is 0. The lowest BCUT2D eigenvalue weighted by atomic mass is 9.99. The quantitative estimate of drug-likeness (QED) is 0.739. The maximum Gasteiger partial charge on any atom is 0.243 e. The molecule has 0 aromatic heterocycles. The van der Waals surface area contributed by atoms with Gasteiger partial charge in [0.05, 0.1) is 10.8 Å². The lowest BCUT2D eigenvalue weighted by Crippen LogP contribution is -2.45. The second-order valence-electron chi connectivity index (χ2n) is 5.79. The van der Waals surface area contributed by atoms with Gasteiger partial charge in [-0.05, 0) is 43.5 Å². The maximum atomic E-state index is 12.7. The summed E-state index contributed by atoms with van der Waals surface area (Å²) < 4.78 is 31.7. The van der Waals surface area contributed by atoms with E-state index in [4.69, 9.17) is 16.3 Å². The van der Waals surface area contributed by atoms with Crippen LogP contribution in [0.3, 0.4) is 0 Å². The van der Waals surface area contributed by atoms with Crippen molar-refractivity contribution in [1.29, 1.82) is 0 Å². The zero-order chi connectivity index (χ0) is 17.6. The number of sulfonamides is 1. The van der Waals surface area contributed by atoms with Gasteiger partial charge < -0.3 is 10.1 Å². The number of amides is 1. The minimum absolute atomic E-state index is 0.0953. The van der Waals surface area contributed by atoms with E-state index in [9.17, 15) is 13.2 Å². The predicted molar refractivity (Wildman–Crippen MR) is 92.4 cm³/mol. The van der Waals surface area contributed by atoms with E-state index in [1.807, 2.05) is 0 Å². The summed E-state index contributed by atoms with van der Waals surface area (Å²) in [6.07, 6.45) is 2.10. The molecule has 1 amide bonds. The Balaban J connectivity index is 1.99. The summed E-state index contributed by atoms with van der Waals surface area (Å²) in [4.78, 5) is 12.4. The number of carbonyl (C=O) groups excluding carboxylic acids is 1. The first-order chi connectivity index (χ1) is 11.4. The Labute approximate surface area is 148 Å². The topological polar surface area (TPSA) is 75.7 Å². The van der Waals surface area contributed by atoms with Crippen molar-refractivity contribution in [1.82, 2.24) is 9.62 Å². The van der Waals surface area contributed by atoms with Crippen molar-refractivity contribution in [3.63, 3.8) is 0 Å². The maximum absolute atomic E-state index is 12.7. The van der Waals surface area contributed by atoms with Crippen LogP contribution in [0, 0.1) is 5.92 Å². The Bertz CT molecular complexity index is 649. The van der Waals surface area contributed by atoms with E-state index in [2.05, 4.69) is 5.32 Å². The molecule has 134 valence electrons. The fourth-order valence-corrected chi connectivity index (χ4v) is 4.35. The van der Waals surface area contributed by atoms with Crippen molar-refractivity contribution in [2.24, 2.45) is 5.92 Å². The van der Waals surface area contributed by atoms with Gasteiger partial charge in [-0.3, -0.25) is 4.79 Å². The van der Waals surface area contributed by atoms with Crippen LogP contribution in [0.4, 0.5) is 0 Å². The third-order valence-electron chi connectivity index (χ3n) is 4.03. The number of hydrogen-bond acceptors (Lipinski definition) is 4. The third-order valence-corrected chi connectivity index (χ3v) is 6.16. The van der Waals surface area contributed by atoms with E-state index in [0.29, 0.717) is 37.6 Å². The second-order valence-corrected chi connectivity index (χ2v) is 8.17. The van der Waals surface area contributed by atoms with Gasteiger partial charge in [0.25, 0.3) is 0 Å². The Morgan fingerprint density at radius 3 is 2.75 bits per heavy atom. The van der Waals surface area contributed by atoms with Crippen LogP contribution in [0.1, 0.15) is 19.3 Å². The molecule has 24 heavy (non-hydrogen) atoms. The number of piperidine rings is 1. The van der Waals surface area contributed by atoms with E-state index in [1.54, 1.807) is 19.2 Å². The molecule has 8 heteroatoms. The molecule has 1 saturated heterocycles. The van der Waals surface area contributed by atoms with Crippen LogP contribution in [-0.2, 0) is 19.6 Å². The van der Waals surface area contributed by atoms with Crippen LogP contribution in [0.25, 0.3) is 0 Å². The van der Waals surface area contributed by atoms with Crippen LogP contribution in [0.2, 0.25) is 5.02 Å². The predicted octanol–water partition coefficient (Wildman–Crippen LogP) is 1.89. The zero-order valence-electron chi connectivity index (χ0n) is 13.7. The van der Waals surface area contributed by atoms with Crippen LogP contribution in [0.15, 0.2) is 29.2 Å². The highest BCUT2D eigenvalue weighted by Crippen LogP contribution is 2.24. The van der Waals surface area contributed by atoms with Crippen molar-refractivity contribution in [2.45, 2.75) is 24.2 Å². The van der Waals surface area contributed by atoms with Gasteiger partial charge in [0.15, 0.2) is 0 Å². The van der Waals surface area contributed by atoms with E-state index >= 15 is 0 Å². The molecule has 1 aliphatic rings. The van der Waals surface area contributed by atoms with Crippen molar-refractivity contribution >= 4 is 27.5 Å². The van der Waals surface area contributed by atoms with Crippen molar-refractivity contribution in [3.8, 4) is 0 Å². The first kappa shape index (κ1) is 19.2. The van der Waals surface area contributed by atoms with Gasteiger partial charge in [-0.1, -0.05) is 11.6 Å². The average molecular weight is 375 g/mol. The molecular weight excluding hydrogens is 352 g/mol. The van der Waals surface area contributed by atoms with Gasteiger partial charge >= 0.3 is 0 Å². The SMILES string of the molecule is COCCCNC(=O)[C@@H]1CCCN(S(=O)(=O)c2ccc(Cl)cc2)C1. The van der Waals surface area contributed by atoms with Gasteiger partial charge in [-0.2, -0.15) is 4.31 Å². The number of halogens is 1. The minimum atomic E-state index is -3.60. The van der Waals surface area contributed by atoms with Crippen molar-refractivity contribution in [2.75, 3.05) is 33.4 Å². The van der Waals surface area contributed by atoms with E-state index in [0.717, 1.165) is 6.42 Å². The number of ether oxygens (including phenoxy) is 1. The van der Waals surface area contributed by atoms with Gasteiger partial charge in [-0.25, -0.2) is 8.42 Å². The molecule has 1 aromatic carbocycles. The highest BCUT2D eigenvalue weighted by Gasteiger charge is 2.33. The Hall–Kier alpha value is -1.15. The average Bonchev–Trinajstić information content (AvgIpc) is 2.59. The molecule has 0 spiro atoms. The molecule has 1 atom stereocenters. The molecule has 0 saturated carbocycles. The number of nitrogens with one attached hydrogen (secondary N) is 1. The van der Waals surface area contributed by atoms with Crippen LogP contribution >= 0.6 is 11.6 Å². The summed E-state index contributed by atoms with van der Waals surface area (Å²) in [5.74, 6) is -0.412. The molecule has 1 aromatic rings.